The quantitative estimate of drug-likeness (QED) is 0.218. The number of hydrogen-bond acceptors (Lipinski definition) is 4. The van der Waals surface area contributed by atoms with E-state index in [2.05, 4.69) is 20.8 Å². The normalized spacial score (nSPS) is 17.5. The predicted octanol–water partition coefficient (Wildman–Crippen LogP) is 7.36. The van der Waals surface area contributed by atoms with E-state index in [9.17, 15) is 14.7 Å². The number of anilines is 1. The van der Waals surface area contributed by atoms with Gasteiger partial charge in [0.1, 0.15) is 11.5 Å². The van der Waals surface area contributed by atoms with Crippen molar-refractivity contribution < 1.29 is 19.4 Å². The summed E-state index contributed by atoms with van der Waals surface area (Å²) in [6.45, 7) is 12.0. The topological polar surface area (TPSA) is 66.8 Å². The zero-order valence-corrected chi connectivity index (χ0v) is 22.8. The molecule has 1 aliphatic rings. The number of aliphatic hydroxyl groups excluding tert-OH is 1. The van der Waals surface area contributed by atoms with Gasteiger partial charge in [0.15, 0.2) is 0 Å². The third-order valence-corrected chi connectivity index (χ3v) is 6.68. The van der Waals surface area contributed by atoms with Crippen LogP contribution < -0.4 is 9.64 Å². The van der Waals surface area contributed by atoms with Gasteiger partial charge in [0, 0.05) is 16.3 Å². The van der Waals surface area contributed by atoms with Crippen LogP contribution in [0.1, 0.15) is 62.9 Å². The standard InChI is InChI=1S/C31H32ClNO4/c1-18(2)37-24-9-7-8-21(16-24)28(34)26-27(20-11-13-22(14-12-20)31(4,5)6)33(30(36)29(26)35)25-17-23(32)15-10-19(25)3/h7-18,27,34H,1-6H3/b28-26+. The lowest BCUT2D eigenvalue weighted by molar-refractivity contribution is -0.132. The summed E-state index contributed by atoms with van der Waals surface area (Å²) in [5.74, 6) is -1.16. The molecule has 0 bridgehead atoms. The molecule has 6 heteroatoms. The second-order valence-corrected chi connectivity index (χ2v) is 11.1. The van der Waals surface area contributed by atoms with E-state index >= 15 is 0 Å². The molecule has 0 aliphatic carbocycles. The molecular formula is C31H32ClNO4. The maximum atomic E-state index is 13.5. The lowest BCUT2D eigenvalue weighted by atomic mass is 9.85. The molecule has 0 aromatic heterocycles. The van der Waals surface area contributed by atoms with E-state index in [0.717, 1.165) is 11.1 Å². The molecule has 37 heavy (non-hydrogen) atoms. The summed E-state index contributed by atoms with van der Waals surface area (Å²) in [7, 11) is 0. The minimum Gasteiger partial charge on any atom is -0.507 e. The van der Waals surface area contributed by atoms with Gasteiger partial charge in [0.2, 0.25) is 0 Å². The highest BCUT2D eigenvalue weighted by Crippen LogP contribution is 2.44. The molecule has 1 fully saturated rings. The molecule has 1 saturated heterocycles. The average Bonchev–Trinajstić information content (AvgIpc) is 3.09. The second-order valence-electron chi connectivity index (χ2n) is 10.7. The van der Waals surface area contributed by atoms with Crippen molar-refractivity contribution in [1.82, 2.24) is 0 Å². The molecule has 1 N–H and O–H groups in total. The fourth-order valence-corrected chi connectivity index (χ4v) is 4.71. The Labute approximate surface area is 223 Å². The van der Waals surface area contributed by atoms with E-state index < -0.39 is 17.7 Å². The van der Waals surface area contributed by atoms with Gasteiger partial charge in [-0.05, 0) is 67.1 Å². The summed E-state index contributed by atoms with van der Waals surface area (Å²) < 4.78 is 5.78. The van der Waals surface area contributed by atoms with Crippen molar-refractivity contribution in [3.05, 3.63) is 99.6 Å². The summed E-state index contributed by atoms with van der Waals surface area (Å²) in [4.78, 5) is 28.4. The van der Waals surface area contributed by atoms with Gasteiger partial charge in [0.25, 0.3) is 11.7 Å². The summed E-state index contributed by atoms with van der Waals surface area (Å²) in [5, 5.41) is 11.9. The van der Waals surface area contributed by atoms with Gasteiger partial charge in [-0.2, -0.15) is 0 Å². The largest absolute Gasteiger partial charge is 0.507 e. The summed E-state index contributed by atoms with van der Waals surface area (Å²) >= 11 is 6.30. The molecule has 0 radical (unpaired) electrons. The van der Waals surface area contributed by atoms with E-state index in [4.69, 9.17) is 16.3 Å². The van der Waals surface area contributed by atoms with Crippen LogP contribution in [0.25, 0.3) is 5.76 Å². The van der Waals surface area contributed by atoms with Gasteiger partial charge in [-0.1, -0.05) is 74.8 Å². The molecule has 1 amide bonds. The fourth-order valence-electron chi connectivity index (χ4n) is 4.55. The van der Waals surface area contributed by atoms with E-state index in [1.165, 1.54) is 4.90 Å². The first-order valence-electron chi connectivity index (χ1n) is 12.3. The van der Waals surface area contributed by atoms with Gasteiger partial charge in [-0.15, -0.1) is 0 Å². The Balaban J connectivity index is 1.94. The molecule has 192 valence electrons. The Morgan fingerprint density at radius 3 is 2.30 bits per heavy atom. The fraction of sp³-hybridized carbons (Fsp3) is 0.290. The van der Waals surface area contributed by atoms with Crippen LogP contribution in [-0.4, -0.2) is 22.9 Å². The van der Waals surface area contributed by atoms with E-state index in [1.54, 1.807) is 36.4 Å². The van der Waals surface area contributed by atoms with Gasteiger partial charge >= 0.3 is 0 Å². The number of carbonyl (C=O) groups is 2. The van der Waals surface area contributed by atoms with Crippen molar-refractivity contribution in [3.8, 4) is 5.75 Å². The number of aliphatic hydroxyl groups is 1. The number of ether oxygens (including phenoxy) is 1. The van der Waals surface area contributed by atoms with Crippen molar-refractivity contribution in [2.45, 2.75) is 59.1 Å². The van der Waals surface area contributed by atoms with Crippen LogP contribution in [0.4, 0.5) is 5.69 Å². The number of benzene rings is 3. The molecule has 1 aliphatic heterocycles. The monoisotopic (exact) mass is 517 g/mol. The lowest BCUT2D eigenvalue weighted by Gasteiger charge is -2.28. The van der Waals surface area contributed by atoms with Gasteiger partial charge in [-0.25, -0.2) is 0 Å². The van der Waals surface area contributed by atoms with Crippen molar-refractivity contribution >= 4 is 34.7 Å². The van der Waals surface area contributed by atoms with Crippen LogP contribution in [0.2, 0.25) is 5.02 Å². The van der Waals surface area contributed by atoms with Crippen molar-refractivity contribution in [2.24, 2.45) is 0 Å². The van der Waals surface area contributed by atoms with Crippen molar-refractivity contribution in [2.75, 3.05) is 4.90 Å². The van der Waals surface area contributed by atoms with Crippen LogP contribution in [0, 0.1) is 6.92 Å². The molecule has 1 heterocycles. The number of amides is 1. The maximum Gasteiger partial charge on any atom is 0.300 e. The molecule has 3 aromatic rings. The smallest absolute Gasteiger partial charge is 0.300 e. The Bertz CT molecular complexity index is 1380. The summed E-state index contributed by atoms with van der Waals surface area (Å²) in [6, 6.07) is 19.1. The number of aryl methyl sites for hydroxylation is 1. The van der Waals surface area contributed by atoms with Crippen LogP contribution in [0.15, 0.2) is 72.3 Å². The average molecular weight is 518 g/mol. The lowest BCUT2D eigenvalue weighted by Crippen LogP contribution is -2.30. The molecule has 4 rings (SSSR count). The third kappa shape index (κ3) is 5.28. The first-order valence-corrected chi connectivity index (χ1v) is 12.7. The number of nitrogens with zero attached hydrogens (tertiary/aromatic N) is 1. The highest BCUT2D eigenvalue weighted by atomic mass is 35.5. The van der Waals surface area contributed by atoms with Crippen molar-refractivity contribution in [1.29, 1.82) is 0 Å². The highest BCUT2D eigenvalue weighted by molar-refractivity contribution is 6.52. The first kappa shape index (κ1) is 26.5. The second kappa shape index (κ2) is 10.1. The third-order valence-electron chi connectivity index (χ3n) is 6.45. The van der Waals surface area contributed by atoms with E-state index in [0.29, 0.717) is 27.6 Å². The number of carbonyl (C=O) groups excluding carboxylic acids is 2. The van der Waals surface area contributed by atoms with Gasteiger partial charge < -0.3 is 9.84 Å². The SMILES string of the molecule is Cc1ccc(Cl)cc1N1C(=O)C(=O)/C(=C(/O)c2cccc(OC(C)C)c2)C1c1ccc(C(C)(C)C)cc1. The minimum atomic E-state index is -0.833. The molecule has 5 nitrogen and oxygen atoms in total. The first-order chi connectivity index (χ1) is 17.4. The van der Waals surface area contributed by atoms with Crippen LogP contribution >= 0.6 is 11.6 Å². The molecule has 1 atom stereocenters. The predicted molar refractivity (Wildman–Crippen MR) is 148 cm³/mol. The Morgan fingerprint density at radius 2 is 1.68 bits per heavy atom. The van der Waals surface area contributed by atoms with Crippen LogP contribution in [0.3, 0.4) is 0 Å². The number of halogens is 1. The van der Waals surface area contributed by atoms with Crippen LogP contribution in [0.5, 0.6) is 5.75 Å². The number of ketones is 1. The van der Waals surface area contributed by atoms with Crippen LogP contribution in [-0.2, 0) is 15.0 Å². The number of rotatable bonds is 5. The van der Waals surface area contributed by atoms with Crippen molar-refractivity contribution in [3.63, 3.8) is 0 Å². The number of Topliss-reactive ketones (excluding diaryl/α,β-unsaturated/α-hetero) is 1. The Kier molecular flexibility index (Phi) is 7.20. The zero-order valence-electron chi connectivity index (χ0n) is 22.0. The molecule has 3 aromatic carbocycles. The minimum absolute atomic E-state index is 0.0228. The van der Waals surface area contributed by atoms with Gasteiger partial charge in [0.05, 0.1) is 17.7 Å². The van der Waals surface area contributed by atoms with E-state index in [-0.39, 0.29) is 22.9 Å². The summed E-state index contributed by atoms with van der Waals surface area (Å²) in [5.41, 5.74) is 3.49. The van der Waals surface area contributed by atoms with Gasteiger partial charge in [-0.3, -0.25) is 14.5 Å². The molecule has 0 spiro atoms. The highest BCUT2D eigenvalue weighted by Gasteiger charge is 2.47. The molecule has 1 unspecified atom stereocenters. The number of hydrogen-bond donors (Lipinski definition) is 1. The summed E-state index contributed by atoms with van der Waals surface area (Å²) in [6.07, 6.45) is -0.0601. The molecule has 0 saturated carbocycles. The maximum absolute atomic E-state index is 13.5. The Hall–Kier alpha value is -3.57. The zero-order chi connectivity index (χ0) is 27.1. The van der Waals surface area contributed by atoms with E-state index in [1.807, 2.05) is 51.1 Å². The Morgan fingerprint density at radius 1 is 1.00 bits per heavy atom. The molecular weight excluding hydrogens is 486 g/mol.